The van der Waals surface area contributed by atoms with Crippen LogP contribution in [0.4, 0.5) is 0 Å². The highest BCUT2D eigenvalue weighted by atomic mass is 16.2. The first-order chi connectivity index (χ1) is 27.4. The molecule has 5 nitrogen and oxygen atoms in total. The third kappa shape index (κ3) is 16.5. The van der Waals surface area contributed by atoms with Crippen LogP contribution in [-0.2, 0) is 9.59 Å². The first-order valence-corrected chi connectivity index (χ1v) is 25.8. The van der Waals surface area contributed by atoms with Crippen molar-refractivity contribution < 1.29 is 9.59 Å². The van der Waals surface area contributed by atoms with E-state index in [0.717, 1.165) is 75.9 Å². The predicted octanol–water partition coefficient (Wildman–Crippen LogP) is 14.0. The Morgan fingerprint density at radius 2 is 0.964 bits per heavy atom. The first kappa shape index (κ1) is 47.6. The fraction of sp³-hybridized carbons (Fsp3) is 0.961. The Morgan fingerprint density at radius 3 is 1.38 bits per heavy atom. The molecule has 0 aromatic carbocycles. The van der Waals surface area contributed by atoms with E-state index in [-0.39, 0.29) is 29.4 Å². The Morgan fingerprint density at radius 1 is 0.571 bits per heavy atom. The Hall–Kier alpha value is -1.10. The summed E-state index contributed by atoms with van der Waals surface area (Å²) in [6, 6.07) is -0.119. The fourth-order valence-corrected chi connectivity index (χ4v) is 12.3. The summed E-state index contributed by atoms with van der Waals surface area (Å²) in [6.07, 6.45) is 43.7. The number of nitrogens with one attached hydrogen (secondary N) is 1. The number of piperidine rings is 1. The van der Waals surface area contributed by atoms with E-state index in [2.05, 4.69) is 42.8 Å². The molecule has 5 heteroatoms. The summed E-state index contributed by atoms with van der Waals surface area (Å²) in [4.78, 5) is 35.1. The average Bonchev–Trinajstić information content (AvgIpc) is 3.18. The highest BCUT2D eigenvalue weighted by Gasteiger charge is 2.53. The maximum atomic E-state index is 15.2. The molecule has 1 unspecified atom stereocenters. The minimum absolute atomic E-state index is 0.0205. The van der Waals surface area contributed by atoms with E-state index < -0.39 is 0 Å². The molecule has 0 aromatic heterocycles. The molecular formula is C51H95N3O2. The Kier molecular flexibility index (Phi) is 23.5. The van der Waals surface area contributed by atoms with Crippen LogP contribution in [0.1, 0.15) is 252 Å². The number of unbranched alkanes of at least 4 members (excludes halogenated alkanes) is 21. The zero-order chi connectivity index (χ0) is 39.9. The second-order valence-corrected chi connectivity index (χ2v) is 20.1. The molecule has 1 saturated heterocycles. The van der Waals surface area contributed by atoms with Gasteiger partial charge in [-0.15, -0.1) is 0 Å². The molecule has 56 heavy (non-hydrogen) atoms. The molecule has 0 spiro atoms. The smallest absolute Gasteiger partial charge is 0.243 e. The lowest BCUT2D eigenvalue weighted by Gasteiger charge is -2.57. The molecule has 5 fully saturated rings. The van der Waals surface area contributed by atoms with E-state index in [4.69, 9.17) is 0 Å². The second kappa shape index (κ2) is 27.6. The van der Waals surface area contributed by atoms with Gasteiger partial charge >= 0.3 is 0 Å². The van der Waals surface area contributed by atoms with Crippen molar-refractivity contribution in [1.29, 1.82) is 0 Å². The number of hydrogen-bond acceptors (Lipinski definition) is 3. The van der Waals surface area contributed by atoms with Crippen LogP contribution in [0, 0.1) is 23.7 Å². The number of carbonyl (C=O) groups is 2. The van der Waals surface area contributed by atoms with Crippen LogP contribution in [0.25, 0.3) is 0 Å². The van der Waals surface area contributed by atoms with E-state index in [0.29, 0.717) is 12.3 Å². The number of carbonyl (C=O) groups excluding carboxylic acids is 2. The molecule has 4 aliphatic carbocycles. The number of nitrogens with zero attached hydrogens (tertiary/aromatic N) is 2. The Labute approximate surface area is 348 Å². The molecule has 1 N–H and O–H groups in total. The third-order valence-electron chi connectivity index (χ3n) is 15.2. The monoisotopic (exact) mass is 782 g/mol. The highest BCUT2D eigenvalue weighted by Crippen LogP contribution is 2.55. The van der Waals surface area contributed by atoms with Crippen LogP contribution < -0.4 is 5.32 Å². The van der Waals surface area contributed by atoms with Gasteiger partial charge < -0.3 is 15.1 Å². The first-order valence-electron chi connectivity index (χ1n) is 25.8. The molecule has 0 radical (unpaired) electrons. The minimum Gasteiger partial charge on any atom is -0.349 e. The summed E-state index contributed by atoms with van der Waals surface area (Å²) >= 11 is 0. The van der Waals surface area contributed by atoms with Gasteiger partial charge in [-0.2, -0.15) is 0 Å². The van der Waals surface area contributed by atoms with Crippen molar-refractivity contribution in [2.24, 2.45) is 23.7 Å². The van der Waals surface area contributed by atoms with Gasteiger partial charge in [0.2, 0.25) is 11.8 Å². The molecule has 1 heterocycles. The maximum Gasteiger partial charge on any atom is 0.243 e. The van der Waals surface area contributed by atoms with Crippen LogP contribution in [0.3, 0.4) is 0 Å². The largest absolute Gasteiger partial charge is 0.349 e. The van der Waals surface area contributed by atoms with Crippen molar-refractivity contribution in [2.45, 2.75) is 270 Å². The number of rotatable bonds is 33. The summed E-state index contributed by atoms with van der Waals surface area (Å²) in [5.74, 6) is 3.19. The van der Waals surface area contributed by atoms with Gasteiger partial charge in [-0.25, -0.2) is 0 Å². The topological polar surface area (TPSA) is 52.7 Å². The molecule has 5 aliphatic rings. The summed E-state index contributed by atoms with van der Waals surface area (Å²) in [5.41, 5.74) is -0.0205. The van der Waals surface area contributed by atoms with E-state index in [1.54, 1.807) is 0 Å². The summed E-state index contributed by atoms with van der Waals surface area (Å²) < 4.78 is 0. The minimum atomic E-state index is -0.308. The predicted molar refractivity (Wildman–Crippen MR) is 240 cm³/mol. The summed E-state index contributed by atoms with van der Waals surface area (Å²) in [6.45, 7) is 12.4. The molecule has 5 rings (SSSR count). The lowest BCUT2D eigenvalue weighted by molar-refractivity contribution is -0.149. The molecule has 1 atom stereocenters. The highest BCUT2D eigenvalue weighted by molar-refractivity contribution is 5.88. The Balaban J connectivity index is 1.44. The van der Waals surface area contributed by atoms with Crippen LogP contribution in [0.5, 0.6) is 0 Å². The average molecular weight is 782 g/mol. The quantitative estimate of drug-likeness (QED) is 0.0675. The van der Waals surface area contributed by atoms with E-state index in [1.165, 1.54) is 180 Å². The van der Waals surface area contributed by atoms with Crippen molar-refractivity contribution in [2.75, 3.05) is 19.6 Å². The van der Waals surface area contributed by atoms with Gasteiger partial charge in [0.25, 0.3) is 0 Å². The summed E-state index contributed by atoms with van der Waals surface area (Å²) in [7, 11) is 0. The van der Waals surface area contributed by atoms with Crippen LogP contribution >= 0.6 is 0 Å². The van der Waals surface area contributed by atoms with Gasteiger partial charge in [0.15, 0.2) is 0 Å². The van der Waals surface area contributed by atoms with E-state index >= 15 is 4.79 Å². The maximum absolute atomic E-state index is 15.2. The van der Waals surface area contributed by atoms with Crippen molar-refractivity contribution in [3.8, 4) is 0 Å². The fourth-order valence-electron chi connectivity index (χ4n) is 12.3. The third-order valence-corrected chi connectivity index (χ3v) is 15.2. The van der Waals surface area contributed by atoms with Gasteiger partial charge in [0.05, 0.1) is 0 Å². The van der Waals surface area contributed by atoms with Crippen molar-refractivity contribution in [3.63, 3.8) is 0 Å². The zero-order valence-corrected chi connectivity index (χ0v) is 38.0. The molecule has 0 aromatic rings. The molecule has 1 aliphatic heterocycles. The van der Waals surface area contributed by atoms with Gasteiger partial charge in [-0.05, 0) is 114 Å². The van der Waals surface area contributed by atoms with E-state index in [1.807, 2.05) is 0 Å². The van der Waals surface area contributed by atoms with E-state index in [9.17, 15) is 4.79 Å². The molecular weight excluding hydrogens is 687 g/mol. The van der Waals surface area contributed by atoms with Crippen molar-refractivity contribution in [3.05, 3.63) is 0 Å². The molecule has 326 valence electrons. The Bertz CT molecular complexity index is 987. The van der Waals surface area contributed by atoms with Gasteiger partial charge in [-0.3, -0.25) is 9.59 Å². The normalized spacial score (nSPS) is 24.3. The number of hydrogen-bond donors (Lipinski definition) is 1. The number of amides is 2. The molecule has 2 amide bonds. The lowest BCUT2D eigenvalue weighted by Crippen LogP contribution is -2.65. The molecule has 4 saturated carbocycles. The lowest BCUT2D eigenvalue weighted by atomic mass is 9.53. The zero-order valence-electron chi connectivity index (χ0n) is 38.0. The van der Waals surface area contributed by atoms with Crippen LogP contribution in [-0.4, -0.2) is 58.9 Å². The van der Waals surface area contributed by atoms with Gasteiger partial charge in [-0.1, -0.05) is 175 Å². The van der Waals surface area contributed by atoms with Gasteiger partial charge in [0, 0.05) is 18.0 Å². The summed E-state index contributed by atoms with van der Waals surface area (Å²) in [5, 5.41) is 3.88. The number of likely N-dealkylation sites (tertiary alicyclic amines) is 1. The SMILES string of the molecule is CCCCCCCCCCCCCCCCC(=O)N(C(CCCCCCC)CCCCCCC)C(C(=O)NC12CC3CC(CC(C3)C1)C2)C1CCN(CC)CC1. The standard InChI is InChI=1S/C51H95N3O2/c1-5-9-12-15-16-17-18-19-20-21-22-23-26-29-32-48(55)54(47(30-27-24-13-10-6-2)31-28-25-14-11-7-3)49(46-33-35-53(8-4)36-34-46)50(56)52-51-40-43-37-44(41-51)39-45(38-43)42-51/h43-47,49H,5-42H2,1-4H3,(H,52,56). The van der Waals surface area contributed by atoms with Crippen molar-refractivity contribution >= 4 is 11.8 Å². The van der Waals surface area contributed by atoms with Crippen LogP contribution in [0.15, 0.2) is 0 Å². The van der Waals surface area contributed by atoms with Crippen LogP contribution in [0.2, 0.25) is 0 Å². The second-order valence-electron chi connectivity index (χ2n) is 20.1. The molecule has 4 bridgehead atoms. The van der Waals surface area contributed by atoms with Gasteiger partial charge in [0.1, 0.15) is 6.04 Å². The van der Waals surface area contributed by atoms with Crippen molar-refractivity contribution in [1.82, 2.24) is 15.1 Å².